The Morgan fingerprint density at radius 1 is 0.525 bits per heavy atom. The molecule has 0 radical (unpaired) electrons. The molecule has 2 atom stereocenters. The first-order valence-electron chi connectivity index (χ1n) is 19.4. The van der Waals surface area contributed by atoms with Crippen LogP contribution < -0.4 is 9.47 Å². The van der Waals surface area contributed by atoms with Crippen molar-refractivity contribution in [3.8, 4) is 11.5 Å². The van der Waals surface area contributed by atoms with Crippen LogP contribution in [0, 0.1) is 13.8 Å². The van der Waals surface area contributed by atoms with Gasteiger partial charge in [0.25, 0.3) is 0 Å². The molecule has 2 aliphatic heterocycles. The molecule has 0 fully saturated rings. The van der Waals surface area contributed by atoms with Crippen LogP contribution in [0.15, 0.2) is 132 Å². The average Bonchev–Trinajstić information content (AvgIpc) is 3.20. The Hall–Kier alpha value is -6.80. The first-order chi connectivity index (χ1) is 27.8. The smallest absolute Gasteiger partial charge is 0.336 e. The van der Waals surface area contributed by atoms with E-state index in [0.29, 0.717) is 35.1 Å². The zero-order valence-electron chi connectivity index (χ0n) is 33.3. The summed E-state index contributed by atoms with van der Waals surface area (Å²) >= 11 is 0. The van der Waals surface area contributed by atoms with Gasteiger partial charge in [-0.15, -0.1) is 0 Å². The zero-order valence-corrected chi connectivity index (χ0v) is 33.3. The highest BCUT2D eigenvalue weighted by molar-refractivity contribution is 6.05. The van der Waals surface area contributed by atoms with Gasteiger partial charge < -0.3 is 19.7 Å². The number of ether oxygens (including phenoxy) is 2. The molecule has 2 aliphatic carbocycles. The molecule has 8 nitrogen and oxygen atoms in total. The molecule has 2 N–H and O–H groups in total. The number of aryl methyl sites for hydroxylation is 2. The number of carbonyl (C=O) groups excluding carboxylic acids is 2. The number of benzene rings is 4. The number of Topliss-reactive ketones (excluding diaryl/α,β-unsaturated/α-hetero) is 2. The Balaban J connectivity index is 0.000000195. The topological polar surface area (TPSA) is 127 Å². The molecule has 0 amide bonds. The van der Waals surface area contributed by atoms with Crippen molar-refractivity contribution in [2.24, 2.45) is 0 Å². The van der Waals surface area contributed by atoms with Crippen molar-refractivity contribution in [2.75, 3.05) is 0 Å². The summed E-state index contributed by atoms with van der Waals surface area (Å²) in [4.78, 5) is 48.6. The summed E-state index contributed by atoms with van der Waals surface area (Å²) in [6.07, 6.45) is 12.2. The molecule has 2 heterocycles. The number of ketones is 2. The fraction of sp³-hybridized carbons (Fsp3) is 0.216. The van der Waals surface area contributed by atoms with Crippen molar-refractivity contribution in [2.45, 2.75) is 74.0 Å². The van der Waals surface area contributed by atoms with Crippen molar-refractivity contribution in [3.05, 3.63) is 187 Å². The Bertz CT molecular complexity index is 2630. The lowest BCUT2D eigenvalue weighted by Crippen LogP contribution is -2.25. The second-order valence-electron chi connectivity index (χ2n) is 14.9. The average molecular weight is 789 g/mol. The number of allylic oxidation sites excluding steroid dienone is 4. The third-order valence-corrected chi connectivity index (χ3v) is 10.7. The number of fused-ring (bicyclic) bond motifs is 4. The van der Waals surface area contributed by atoms with Crippen molar-refractivity contribution >= 4 is 34.7 Å². The minimum atomic E-state index is -1.05. The SMILES string of the molecule is C.CCC(=O)c1ccc(C(=O)O)c(C2=C3C=CC(C)=CC3Oc3cc(C)ccc32)c1.CCC(=O)c1ccc(C2=C3C=CC(C)=CC3Oc3cc(C)ccc32)c(C(=O)O)c1. The minimum absolute atomic E-state index is 0. The van der Waals surface area contributed by atoms with E-state index in [1.807, 2.05) is 101 Å². The molecule has 4 aliphatic rings. The summed E-state index contributed by atoms with van der Waals surface area (Å²) in [5, 5.41) is 19.8. The van der Waals surface area contributed by atoms with Crippen molar-refractivity contribution in [1.29, 1.82) is 0 Å². The monoisotopic (exact) mass is 788 g/mol. The second-order valence-corrected chi connectivity index (χ2v) is 14.9. The van der Waals surface area contributed by atoms with Crippen LogP contribution in [0.5, 0.6) is 11.5 Å². The molecule has 0 saturated heterocycles. The van der Waals surface area contributed by atoms with E-state index >= 15 is 0 Å². The van der Waals surface area contributed by atoms with E-state index in [-0.39, 0.29) is 42.3 Å². The second kappa shape index (κ2) is 17.0. The number of carboxylic acids is 2. The van der Waals surface area contributed by atoms with Crippen molar-refractivity contribution in [3.63, 3.8) is 0 Å². The summed E-state index contributed by atoms with van der Waals surface area (Å²) in [7, 11) is 0. The van der Waals surface area contributed by atoms with E-state index in [1.54, 1.807) is 38.1 Å². The predicted octanol–water partition coefficient (Wildman–Crippen LogP) is 11.4. The lowest BCUT2D eigenvalue weighted by Gasteiger charge is -2.31. The summed E-state index contributed by atoms with van der Waals surface area (Å²) in [6.45, 7) is 11.6. The maximum atomic E-state index is 12.3. The van der Waals surface area contributed by atoms with Crippen LogP contribution >= 0.6 is 0 Å². The summed E-state index contributed by atoms with van der Waals surface area (Å²) in [6, 6.07) is 21.6. The molecule has 0 spiro atoms. The van der Waals surface area contributed by atoms with Gasteiger partial charge in [0.15, 0.2) is 11.6 Å². The summed E-state index contributed by atoms with van der Waals surface area (Å²) in [5.74, 6) is -0.714. The highest BCUT2D eigenvalue weighted by atomic mass is 16.5. The normalized spacial score (nSPS) is 16.9. The molecule has 0 aromatic heterocycles. The number of rotatable bonds is 8. The number of hydrogen-bond acceptors (Lipinski definition) is 6. The Morgan fingerprint density at radius 2 is 0.966 bits per heavy atom. The maximum Gasteiger partial charge on any atom is 0.336 e. The van der Waals surface area contributed by atoms with Gasteiger partial charge in [-0.25, -0.2) is 9.59 Å². The third kappa shape index (κ3) is 8.17. The fourth-order valence-corrected chi connectivity index (χ4v) is 7.73. The Morgan fingerprint density at radius 3 is 1.44 bits per heavy atom. The van der Waals surface area contributed by atoms with Gasteiger partial charge in [-0.2, -0.15) is 0 Å². The fourth-order valence-electron chi connectivity index (χ4n) is 7.73. The highest BCUT2D eigenvalue weighted by Crippen LogP contribution is 2.45. The molecule has 4 aromatic rings. The van der Waals surface area contributed by atoms with E-state index in [4.69, 9.17) is 9.47 Å². The summed E-state index contributed by atoms with van der Waals surface area (Å²) < 4.78 is 12.5. The third-order valence-electron chi connectivity index (χ3n) is 10.7. The molecular weight excluding hydrogens is 741 g/mol. The molecule has 300 valence electrons. The molecule has 0 bridgehead atoms. The lowest BCUT2D eigenvalue weighted by atomic mass is 9.82. The van der Waals surface area contributed by atoms with Crippen LogP contribution in [-0.2, 0) is 0 Å². The van der Waals surface area contributed by atoms with Crippen LogP contribution in [0.4, 0.5) is 0 Å². The van der Waals surface area contributed by atoms with Gasteiger partial charge in [0.1, 0.15) is 23.7 Å². The zero-order chi connectivity index (χ0) is 41.4. The summed E-state index contributed by atoms with van der Waals surface area (Å²) in [5.41, 5.74) is 11.8. The van der Waals surface area contributed by atoms with Crippen LogP contribution in [0.2, 0.25) is 0 Å². The molecule has 0 saturated carbocycles. The van der Waals surface area contributed by atoms with Crippen LogP contribution in [0.3, 0.4) is 0 Å². The van der Waals surface area contributed by atoms with Gasteiger partial charge in [0.05, 0.1) is 11.1 Å². The van der Waals surface area contributed by atoms with Gasteiger partial charge in [-0.05, 0) is 92.4 Å². The quantitative estimate of drug-likeness (QED) is 0.169. The first-order valence-corrected chi connectivity index (χ1v) is 19.4. The minimum Gasteiger partial charge on any atom is -0.481 e. The molecule has 59 heavy (non-hydrogen) atoms. The number of hydrogen-bond donors (Lipinski definition) is 2. The molecule has 2 unspecified atom stereocenters. The van der Waals surface area contributed by atoms with E-state index in [0.717, 1.165) is 67.2 Å². The van der Waals surface area contributed by atoms with E-state index in [2.05, 4.69) is 0 Å². The van der Waals surface area contributed by atoms with Crippen LogP contribution in [0.1, 0.15) is 123 Å². The number of carboxylic acid groups (broad SMARTS) is 2. The lowest BCUT2D eigenvalue weighted by molar-refractivity contribution is 0.0685. The predicted molar refractivity (Wildman–Crippen MR) is 232 cm³/mol. The van der Waals surface area contributed by atoms with Crippen molar-refractivity contribution in [1.82, 2.24) is 0 Å². The maximum absolute atomic E-state index is 12.3. The first kappa shape index (κ1) is 41.8. The number of aromatic carboxylic acids is 2. The molecule has 8 rings (SSSR count). The van der Waals surface area contributed by atoms with Gasteiger partial charge >= 0.3 is 11.9 Å². The van der Waals surface area contributed by atoms with Crippen LogP contribution in [0.25, 0.3) is 11.1 Å². The molecule has 8 heteroatoms. The van der Waals surface area contributed by atoms with E-state index in [1.165, 1.54) is 12.1 Å². The van der Waals surface area contributed by atoms with Gasteiger partial charge in [0.2, 0.25) is 0 Å². The standard InChI is InChI=1S/2C25H22O4.CH4/c1-4-21(26)16-7-10-17(25(27)28)20(13-16)24-18-8-5-14(2)11-22(18)29-23-12-15(3)6-9-19(23)24;1-4-21(26)16-7-10-17(20(13-16)25(27)28)24-18-8-5-14(2)11-22(18)29-23-12-15(3)6-9-19(23)24;/h2*5-13,22H,4H2,1-3H3,(H,27,28);1H4. The van der Waals surface area contributed by atoms with Gasteiger partial charge in [-0.3, -0.25) is 9.59 Å². The van der Waals surface area contributed by atoms with Crippen LogP contribution in [-0.4, -0.2) is 45.9 Å². The Kier molecular flexibility index (Phi) is 12.0. The van der Waals surface area contributed by atoms with Gasteiger partial charge in [0, 0.05) is 57.4 Å². The van der Waals surface area contributed by atoms with Gasteiger partial charge in [-0.1, -0.05) is 99.2 Å². The van der Waals surface area contributed by atoms with Crippen molar-refractivity contribution < 1.29 is 38.9 Å². The number of carbonyl (C=O) groups is 4. The molecule has 4 aromatic carbocycles. The van der Waals surface area contributed by atoms with E-state index < -0.39 is 11.9 Å². The van der Waals surface area contributed by atoms with E-state index in [9.17, 15) is 29.4 Å². The highest BCUT2D eigenvalue weighted by Gasteiger charge is 2.32. The largest absolute Gasteiger partial charge is 0.481 e. The Labute approximate surface area is 345 Å². The molecular formula is C51H48O8.